The number of aliphatic hydroxyl groups is 1. The number of nitrogens with zero attached hydrogens (tertiary/aromatic N) is 2. The minimum Gasteiger partial charge on any atom is -0.511 e. The molecule has 0 aliphatic heterocycles. The SMILES string of the molecule is CC/C=C(/O)CNc1c(Cl)ccc2nsnc12. The van der Waals surface area contributed by atoms with Gasteiger partial charge in [-0.3, -0.25) is 0 Å². The molecule has 1 heterocycles. The summed E-state index contributed by atoms with van der Waals surface area (Å²) in [4.78, 5) is 0. The summed E-state index contributed by atoms with van der Waals surface area (Å²) in [6.07, 6.45) is 2.55. The van der Waals surface area contributed by atoms with E-state index in [1.165, 1.54) is 0 Å². The van der Waals surface area contributed by atoms with E-state index < -0.39 is 0 Å². The van der Waals surface area contributed by atoms with Crippen molar-refractivity contribution in [2.24, 2.45) is 0 Å². The van der Waals surface area contributed by atoms with Crippen LogP contribution in [0.3, 0.4) is 0 Å². The number of aliphatic hydroxyl groups excluding tert-OH is 1. The van der Waals surface area contributed by atoms with Gasteiger partial charge in [-0.1, -0.05) is 18.5 Å². The molecule has 6 heteroatoms. The van der Waals surface area contributed by atoms with Gasteiger partial charge in [-0.25, -0.2) is 0 Å². The van der Waals surface area contributed by atoms with Gasteiger partial charge in [-0.15, -0.1) is 0 Å². The van der Waals surface area contributed by atoms with Gasteiger partial charge < -0.3 is 10.4 Å². The standard InChI is InChI=1S/C11H12ClN3OS/c1-2-3-7(16)6-13-10-8(12)4-5-9-11(10)15-17-14-9/h3-5,13,16H,2,6H2,1H3/b7-3+. The summed E-state index contributed by atoms with van der Waals surface area (Å²) in [5.41, 5.74) is 2.27. The van der Waals surface area contributed by atoms with Crippen molar-refractivity contribution in [2.75, 3.05) is 11.9 Å². The Hall–Kier alpha value is -1.33. The summed E-state index contributed by atoms with van der Waals surface area (Å²) in [5, 5.41) is 13.2. The topological polar surface area (TPSA) is 58.0 Å². The van der Waals surface area contributed by atoms with Crippen molar-refractivity contribution >= 4 is 40.0 Å². The van der Waals surface area contributed by atoms with E-state index in [2.05, 4.69) is 14.1 Å². The molecule has 2 N–H and O–H groups in total. The van der Waals surface area contributed by atoms with Gasteiger partial charge in [0.2, 0.25) is 0 Å². The molecule has 1 aromatic heterocycles. The highest BCUT2D eigenvalue weighted by Gasteiger charge is 2.09. The molecule has 4 nitrogen and oxygen atoms in total. The van der Waals surface area contributed by atoms with E-state index in [9.17, 15) is 5.11 Å². The van der Waals surface area contributed by atoms with Crippen LogP contribution in [-0.2, 0) is 0 Å². The van der Waals surface area contributed by atoms with Crippen LogP contribution in [0.1, 0.15) is 13.3 Å². The van der Waals surface area contributed by atoms with Crippen LogP contribution in [-0.4, -0.2) is 20.4 Å². The fourth-order valence-electron chi connectivity index (χ4n) is 1.48. The highest BCUT2D eigenvalue weighted by Crippen LogP contribution is 2.29. The number of anilines is 1. The molecular formula is C11H12ClN3OS. The van der Waals surface area contributed by atoms with E-state index in [1.807, 2.05) is 13.0 Å². The van der Waals surface area contributed by atoms with E-state index in [-0.39, 0.29) is 0 Å². The van der Waals surface area contributed by atoms with Crippen molar-refractivity contribution in [1.82, 2.24) is 8.75 Å². The number of halogens is 1. The Morgan fingerprint density at radius 3 is 3.12 bits per heavy atom. The van der Waals surface area contributed by atoms with E-state index >= 15 is 0 Å². The third-order valence-electron chi connectivity index (χ3n) is 2.26. The maximum atomic E-state index is 9.55. The average Bonchev–Trinajstić information content (AvgIpc) is 2.76. The molecule has 1 aromatic carbocycles. The van der Waals surface area contributed by atoms with Crippen LogP contribution in [0, 0.1) is 0 Å². The lowest BCUT2D eigenvalue weighted by molar-refractivity contribution is 0.405. The Morgan fingerprint density at radius 1 is 1.53 bits per heavy atom. The molecule has 0 amide bonds. The van der Waals surface area contributed by atoms with Crippen LogP contribution in [0.15, 0.2) is 24.0 Å². The van der Waals surface area contributed by atoms with Gasteiger partial charge in [0.25, 0.3) is 0 Å². The minimum absolute atomic E-state index is 0.295. The number of hydrogen-bond acceptors (Lipinski definition) is 5. The van der Waals surface area contributed by atoms with Crippen LogP contribution < -0.4 is 5.32 Å². The lowest BCUT2D eigenvalue weighted by Gasteiger charge is -2.08. The summed E-state index contributed by atoms with van der Waals surface area (Å²) in [7, 11) is 0. The first-order valence-electron chi connectivity index (χ1n) is 5.25. The number of rotatable bonds is 4. The van der Waals surface area contributed by atoms with Crippen molar-refractivity contribution in [3.63, 3.8) is 0 Å². The molecule has 0 fully saturated rings. The smallest absolute Gasteiger partial charge is 0.129 e. The van der Waals surface area contributed by atoms with Crippen LogP contribution in [0.2, 0.25) is 5.02 Å². The Labute approximate surface area is 108 Å². The van der Waals surface area contributed by atoms with Gasteiger partial charge in [-0.2, -0.15) is 8.75 Å². The fraction of sp³-hybridized carbons (Fsp3) is 0.273. The first kappa shape index (κ1) is 12.1. The van der Waals surface area contributed by atoms with Crippen LogP contribution >= 0.6 is 23.3 Å². The lowest BCUT2D eigenvalue weighted by atomic mass is 10.2. The van der Waals surface area contributed by atoms with E-state index in [0.29, 0.717) is 23.0 Å². The van der Waals surface area contributed by atoms with Crippen LogP contribution in [0.5, 0.6) is 0 Å². The molecule has 0 bridgehead atoms. The highest BCUT2D eigenvalue weighted by atomic mass is 35.5. The van der Waals surface area contributed by atoms with Crippen LogP contribution in [0.25, 0.3) is 11.0 Å². The zero-order valence-corrected chi connectivity index (χ0v) is 10.8. The molecule has 0 radical (unpaired) electrons. The van der Waals surface area contributed by atoms with Gasteiger partial charge in [-0.05, 0) is 24.6 Å². The maximum Gasteiger partial charge on any atom is 0.129 e. The summed E-state index contributed by atoms with van der Waals surface area (Å²) < 4.78 is 8.32. The molecule has 90 valence electrons. The summed E-state index contributed by atoms with van der Waals surface area (Å²) in [5.74, 6) is 0.295. The molecule has 0 atom stereocenters. The lowest BCUT2D eigenvalue weighted by Crippen LogP contribution is -2.05. The number of hydrogen-bond donors (Lipinski definition) is 2. The first-order valence-corrected chi connectivity index (χ1v) is 6.36. The molecule has 2 rings (SSSR count). The van der Waals surface area contributed by atoms with Crippen molar-refractivity contribution in [1.29, 1.82) is 0 Å². The number of fused-ring (bicyclic) bond motifs is 1. The van der Waals surface area contributed by atoms with Crippen molar-refractivity contribution < 1.29 is 5.11 Å². The zero-order chi connectivity index (χ0) is 12.3. The second-order valence-corrected chi connectivity index (χ2v) is 4.45. The average molecular weight is 270 g/mol. The number of nitrogens with one attached hydrogen (secondary N) is 1. The number of allylic oxidation sites excluding steroid dienone is 1. The molecule has 0 aliphatic carbocycles. The van der Waals surface area contributed by atoms with E-state index in [1.54, 1.807) is 12.1 Å². The molecule has 0 aliphatic rings. The molecule has 0 unspecified atom stereocenters. The summed E-state index contributed by atoms with van der Waals surface area (Å²) >= 11 is 7.24. The summed E-state index contributed by atoms with van der Waals surface area (Å²) in [6, 6.07) is 3.60. The van der Waals surface area contributed by atoms with E-state index in [4.69, 9.17) is 11.6 Å². The normalized spacial score (nSPS) is 12.0. The minimum atomic E-state index is 0.295. The molecule has 0 saturated heterocycles. The predicted octanol–water partition coefficient (Wildman–Crippen LogP) is 3.61. The van der Waals surface area contributed by atoms with Crippen molar-refractivity contribution in [3.8, 4) is 0 Å². The third-order valence-corrected chi connectivity index (χ3v) is 3.12. The third kappa shape index (κ3) is 2.68. The maximum absolute atomic E-state index is 9.55. The van der Waals surface area contributed by atoms with Gasteiger partial charge >= 0.3 is 0 Å². The molecular weight excluding hydrogens is 258 g/mol. The van der Waals surface area contributed by atoms with Gasteiger partial charge in [0.1, 0.15) is 16.8 Å². The second kappa shape index (κ2) is 5.33. The molecule has 0 saturated carbocycles. The second-order valence-electron chi connectivity index (χ2n) is 3.51. The van der Waals surface area contributed by atoms with Gasteiger partial charge in [0.05, 0.1) is 29.0 Å². The molecule has 2 aromatic rings. The Bertz CT molecular complexity index is 553. The van der Waals surface area contributed by atoms with Gasteiger partial charge in [0, 0.05) is 0 Å². The molecule has 17 heavy (non-hydrogen) atoms. The Balaban J connectivity index is 2.25. The zero-order valence-electron chi connectivity index (χ0n) is 9.27. The quantitative estimate of drug-likeness (QED) is 0.833. The summed E-state index contributed by atoms with van der Waals surface area (Å²) in [6.45, 7) is 2.30. The first-order chi connectivity index (χ1) is 8.22. The van der Waals surface area contributed by atoms with E-state index in [0.717, 1.165) is 29.2 Å². The predicted molar refractivity (Wildman–Crippen MR) is 71.9 cm³/mol. The number of benzene rings is 1. The van der Waals surface area contributed by atoms with Gasteiger partial charge in [0.15, 0.2) is 0 Å². The Kier molecular flexibility index (Phi) is 3.81. The fourth-order valence-corrected chi connectivity index (χ4v) is 2.24. The molecule has 0 spiro atoms. The van der Waals surface area contributed by atoms with Crippen molar-refractivity contribution in [3.05, 3.63) is 29.0 Å². The largest absolute Gasteiger partial charge is 0.511 e. The van der Waals surface area contributed by atoms with Crippen molar-refractivity contribution in [2.45, 2.75) is 13.3 Å². The Morgan fingerprint density at radius 2 is 2.35 bits per heavy atom. The monoisotopic (exact) mass is 269 g/mol. The highest BCUT2D eigenvalue weighted by molar-refractivity contribution is 7.00. The number of aromatic nitrogens is 2. The van der Waals surface area contributed by atoms with Crippen LogP contribution in [0.4, 0.5) is 5.69 Å².